The van der Waals surface area contributed by atoms with Gasteiger partial charge in [0, 0.05) is 22.5 Å². The third-order valence-corrected chi connectivity index (χ3v) is 8.32. The van der Waals surface area contributed by atoms with Crippen LogP contribution in [0.2, 0.25) is 0 Å². The molecule has 2 aromatic heterocycles. The molecule has 1 saturated heterocycles. The summed E-state index contributed by atoms with van der Waals surface area (Å²) in [4.78, 5) is 27.4. The molecule has 0 spiro atoms. The number of imidazole rings is 1. The highest BCUT2D eigenvalue weighted by Gasteiger charge is 2.23. The number of aliphatic hydroxyl groups is 1. The summed E-state index contributed by atoms with van der Waals surface area (Å²) < 4.78 is 3.19. The molecule has 0 saturated carbocycles. The van der Waals surface area contributed by atoms with Gasteiger partial charge in [0.2, 0.25) is 0 Å². The van der Waals surface area contributed by atoms with Crippen molar-refractivity contribution in [2.24, 2.45) is 5.92 Å². The van der Waals surface area contributed by atoms with Crippen LogP contribution in [0.5, 0.6) is 0 Å². The fourth-order valence-corrected chi connectivity index (χ4v) is 5.94. The highest BCUT2D eigenvalue weighted by molar-refractivity contribution is 9.10. The summed E-state index contributed by atoms with van der Waals surface area (Å²) >= 11 is 5.30. The number of benzene rings is 1. The number of carbonyl (C=O) groups excluding carboxylic acids is 1. The first-order valence-corrected chi connectivity index (χ1v) is 12.7. The predicted octanol–water partition coefficient (Wildman–Crippen LogP) is 3.60. The first kappa shape index (κ1) is 24.1. The number of fused-ring (bicyclic) bond motifs is 1. The second-order valence-electron chi connectivity index (χ2n) is 8.68. The van der Waals surface area contributed by atoms with E-state index in [2.05, 4.69) is 61.3 Å². The number of nitrogens with two attached hydrogens (primary N) is 1. The molecular formula is C23H29BrN6O2S. The van der Waals surface area contributed by atoms with Crippen LogP contribution in [0.4, 0.5) is 5.82 Å². The van der Waals surface area contributed by atoms with Crippen molar-refractivity contribution >= 4 is 51.0 Å². The third kappa shape index (κ3) is 5.56. The van der Waals surface area contributed by atoms with Crippen LogP contribution in [-0.2, 0) is 11.3 Å². The van der Waals surface area contributed by atoms with Crippen molar-refractivity contribution < 1.29 is 9.90 Å². The minimum absolute atomic E-state index is 0.391. The average Bonchev–Trinajstić information content (AvgIpc) is 3.15. The molecule has 4 rings (SSSR count). The van der Waals surface area contributed by atoms with Crippen LogP contribution in [0, 0.1) is 19.8 Å². The van der Waals surface area contributed by atoms with E-state index in [0.29, 0.717) is 30.1 Å². The van der Waals surface area contributed by atoms with Gasteiger partial charge >= 0.3 is 0 Å². The van der Waals surface area contributed by atoms with Gasteiger partial charge in [0.1, 0.15) is 18.7 Å². The molecule has 0 unspecified atom stereocenters. The van der Waals surface area contributed by atoms with Gasteiger partial charge in [-0.1, -0.05) is 11.8 Å². The Morgan fingerprint density at radius 3 is 2.73 bits per heavy atom. The Morgan fingerprint density at radius 1 is 1.27 bits per heavy atom. The number of carbonyl (C=O) groups is 1. The van der Waals surface area contributed by atoms with E-state index in [1.54, 1.807) is 11.8 Å². The van der Waals surface area contributed by atoms with E-state index in [0.717, 1.165) is 59.1 Å². The van der Waals surface area contributed by atoms with Crippen molar-refractivity contribution in [3.05, 3.63) is 34.1 Å². The maximum Gasteiger partial charge on any atom is 0.175 e. The van der Waals surface area contributed by atoms with Crippen LogP contribution in [0.3, 0.4) is 0 Å². The largest absolute Gasteiger partial charge is 0.384 e. The summed E-state index contributed by atoms with van der Waals surface area (Å²) in [5.41, 5.74) is 9.98. The number of halogens is 1. The van der Waals surface area contributed by atoms with E-state index >= 15 is 0 Å². The third-order valence-electron chi connectivity index (χ3n) is 6.35. The van der Waals surface area contributed by atoms with Gasteiger partial charge in [-0.05, 0) is 91.3 Å². The highest BCUT2D eigenvalue weighted by atomic mass is 79.9. The molecule has 3 aromatic rings. The predicted molar refractivity (Wildman–Crippen MR) is 133 cm³/mol. The number of nitrogens with zero attached hydrogens (tertiary/aromatic N) is 5. The number of β-amino-alcohol motifs (C(OH)–C–C–N with tert-alkyl or cyclic N) is 1. The van der Waals surface area contributed by atoms with Crippen molar-refractivity contribution in [1.82, 2.24) is 24.4 Å². The second-order valence-corrected chi connectivity index (χ2v) is 10.5. The molecule has 1 aliphatic rings. The highest BCUT2D eigenvalue weighted by Crippen LogP contribution is 2.37. The first-order chi connectivity index (χ1) is 15.9. The van der Waals surface area contributed by atoms with Gasteiger partial charge in [0.05, 0.1) is 0 Å². The van der Waals surface area contributed by atoms with Gasteiger partial charge in [-0.2, -0.15) is 0 Å². The fraction of sp³-hybridized carbons (Fsp3) is 0.478. The van der Waals surface area contributed by atoms with Crippen LogP contribution in [0.25, 0.3) is 11.2 Å². The Balaban J connectivity index is 1.52. The van der Waals surface area contributed by atoms with Crippen molar-refractivity contribution in [1.29, 1.82) is 0 Å². The number of aliphatic hydroxyl groups excluding tert-OH is 1. The zero-order valence-corrected chi connectivity index (χ0v) is 21.3. The van der Waals surface area contributed by atoms with E-state index in [1.165, 1.54) is 17.5 Å². The lowest BCUT2D eigenvalue weighted by molar-refractivity contribution is -0.115. The number of rotatable bonds is 8. The molecule has 33 heavy (non-hydrogen) atoms. The fourth-order valence-electron chi connectivity index (χ4n) is 4.22. The number of aromatic nitrogens is 4. The molecule has 0 bridgehead atoms. The van der Waals surface area contributed by atoms with Crippen LogP contribution in [0.15, 0.2) is 33.0 Å². The smallest absolute Gasteiger partial charge is 0.175 e. The van der Waals surface area contributed by atoms with Gasteiger partial charge in [0.25, 0.3) is 0 Å². The van der Waals surface area contributed by atoms with Gasteiger partial charge in [-0.15, -0.1) is 0 Å². The summed E-state index contributed by atoms with van der Waals surface area (Å²) in [7, 11) is 0. The average molecular weight is 533 g/mol. The molecule has 3 heterocycles. The quantitative estimate of drug-likeness (QED) is 0.423. The van der Waals surface area contributed by atoms with Crippen molar-refractivity contribution in [2.45, 2.75) is 55.8 Å². The van der Waals surface area contributed by atoms with Crippen LogP contribution in [0.1, 0.15) is 30.4 Å². The first-order valence-electron chi connectivity index (χ1n) is 11.1. The summed E-state index contributed by atoms with van der Waals surface area (Å²) in [6.07, 6.45) is 4.29. The molecule has 10 heteroatoms. The normalized spacial score (nSPS) is 16.4. The molecule has 0 aliphatic carbocycles. The van der Waals surface area contributed by atoms with E-state index in [-0.39, 0.29) is 0 Å². The number of anilines is 1. The van der Waals surface area contributed by atoms with E-state index in [4.69, 9.17) is 10.7 Å². The van der Waals surface area contributed by atoms with Crippen molar-refractivity contribution in [3.63, 3.8) is 0 Å². The summed E-state index contributed by atoms with van der Waals surface area (Å²) in [5, 5.41) is 10.4. The molecule has 8 nitrogen and oxygen atoms in total. The van der Waals surface area contributed by atoms with E-state index in [9.17, 15) is 9.90 Å². The van der Waals surface area contributed by atoms with Gasteiger partial charge < -0.3 is 25.1 Å². The molecule has 1 aliphatic heterocycles. The number of hydrogen-bond donors (Lipinski definition) is 2. The topological polar surface area (TPSA) is 110 Å². The molecule has 1 fully saturated rings. The SMILES string of the molecule is Cc1cc(Br)c(Sc2nc3c(N)ncnc3n2CCC2CCN(C[C@H](O)C=O)CC2)cc1C. The van der Waals surface area contributed by atoms with Crippen LogP contribution >= 0.6 is 27.7 Å². The Labute approximate surface area is 206 Å². The van der Waals surface area contributed by atoms with Crippen molar-refractivity contribution in [3.8, 4) is 0 Å². The summed E-state index contributed by atoms with van der Waals surface area (Å²) in [6.45, 7) is 7.21. The Bertz CT molecular complexity index is 1150. The molecule has 176 valence electrons. The molecule has 0 radical (unpaired) electrons. The van der Waals surface area contributed by atoms with Crippen molar-refractivity contribution in [2.75, 3.05) is 25.4 Å². The van der Waals surface area contributed by atoms with E-state index < -0.39 is 6.10 Å². The second kappa shape index (κ2) is 10.5. The van der Waals surface area contributed by atoms with Gasteiger partial charge in [-0.3, -0.25) is 0 Å². The molecule has 0 amide bonds. The zero-order valence-electron chi connectivity index (χ0n) is 18.9. The monoisotopic (exact) mass is 532 g/mol. The molecular weight excluding hydrogens is 504 g/mol. The number of likely N-dealkylation sites (tertiary alicyclic amines) is 1. The number of piperidine rings is 1. The number of aldehydes is 1. The number of aryl methyl sites for hydroxylation is 3. The maximum absolute atomic E-state index is 10.7. The minimum atomic E-state index is -0.895. The molecule has 1 aromatic carbocycles. The lowest BCUT2D eigenvalue weighted by Crippen LogP contribution is -2.39. The lowest BCUT2D eigenvalue weighted by Gasteiger charge is -2.32. The van der Waals surface area contributed by atoms with Gasteiger partial charge in [-0.25, -0.2) is 15.0 Å². The molecule has 3 N–H and O–H groups in total. The Hall–Kier alpha value is -2.01. The lowest BCUT2D eigenvalue weighted by atomic mass is 9.93. The van der Waals surface area contributed by atoms with E-state index in [1.807, 2.05) is 0 Å². The minimum Gasteiger partial charge on any atom is -0.384 e. The maximum atomic E-state index is 10.7. The Morgan fingerprint density at radius 2 is 2.00 bits per heavy atom. The molecule has 1 atom stereocenters. The zero-order chi connectivity index (χ0) is 23.5. The number of nitrogen functional groups attached to an aromatic ring is 1. The standard InChI is InChI=1S/C23H29BrN6O2S/c1-14-9-18(24)19(10-15(14)2)33-23-28-20-21(25)26-13-27-22(20)30(23)8-5-16-3-6-29(7-4-16)11-17(32)12-31/h9-10,12-13,16-17,32H,3-8,11H2,1-2H3,(H2,25,26,27)/t17-/m0/s1. The van der Waals surface area contributed by atoms with Crippen LogP contribution < -0.4 is 5.73 Å². The summed E-state index contributed by atoms with van der Waals surface area (Å²) in [5.74, 6) is 0.958. The Kier molecular flexibility index (Phi) is 7.68. The number of hydrogen-bond acceptors (Lipinski definition) is 8. The van der Waals surface area contributed by atoms with Gasteiger partial charge in [0.15, 0.2) is 22.1 Å². The van der Waals surface area contributed by atoms with Crippen LogP contribution in [-0.4, -0.2) is 61.5 Å². The summed E-state index contributed by atoms with van der Waals surface area (Å²) in [6, 6.07) is 4.31.